The lowest BCUT2D eigenvalue weighted by atomic mass is 10.00. The molecule has 84 valence electrons. The molecule has 0 saturated carbocycles. The van der Waals surface area contributed by atoms with Crippen molar-refractivity contribution >= 4 is 0 Å². The highest BCUT2D eigenvalue weighted by atomic mass is 16.3. The molecule has 1 saturated heterocycles. The number of nitrogens with one attached hydrogen (secondary N) is 1. The van der Waals surface area contributed by atoms with Gasteiger partial charge in [-0.2, -0.15) is 0 Å². The van der Waals surface area contributed by atoms with E-state index in [1.807, 2.05) is 10.9 Å². The van der Waals surface area contributed by atoms with Crippen molar-refractivity contribution in [1.29, 1.82) is 0 Å². The van der Waals surface area contributed by atoms with E-state index >= 15 is 0 Å². The predicted octanol–water partition coefficient (Wildman–Crippen LogP) is -0.188. The third-order valence-electron chi connectivity index (χ3n) is 2.80. The van der Waals surface area contributed by atoms with E-state index in [0.29, 0.717) is 12.3 Å². The van der Waals surface area contributed by atoms with Crippen LogP contribution >= 0.6 is 0 Å². The maximum absolute atomic E-state index is 8.76. The molecule has 0 aromatic carbocycles. The van der Waals surface area contributed by atoms with Crippen LogP contribution in [0, 0.1) is 5.92 Å². The Hall–Kier alpha value is -0.940. The average molecular weight is 210 g/mol. The van der Waals surface area contributed by atoms with Gasteiger partial charge < -0.3 is 10.4 Å². The Bertz CT molecular complexity index is 293. The SMILES string of the molecule is OCCc1cn(CC2CCCNC2)nn1. The fourth-order valence-electron chi connectivity index (χ4n) is 2.00. The maximum atomic E-state index is 8.76. The summed E-state index contributed by atoms with van der Waals surface area (Å²) in [6, 6.07) is 0. The van der Waals surface area contributed by atoms with Gasteiger partial charge in [0.15, 0.2) is 0 Å². The van der Waals surface area contributed by atoms with Crippen molar-refractivity contribution < 1.29 is 5.11 Å². The minimum atomic E-state index is 0.143. The van der Waals surface area contributed by atoms with Crippen LogP contribution in [0.4, 0.5) is 0 Å². The summed E-state index contributed by atoms with van der Waals surface area (Å²) in [5, 5.41) is 20.2. The molecule has 15 heavy (non-hydrogen) atoms. The van der Waals surface area contributed by atoms with Crippen LogP contribution in [-0.4, -0.2) is 39.8 Å². The molecule has 0 bridgehead atoms. The van der Waals surface area contributed by atoms with Gasteiger partial charge in [0.1, 0.15) is 0 Å². The minimum absolute atomic E-state index is 0.143. The Balaban J connectivity index is 1.86. The van der Waals surface area contributed by atoms with E-state index < -0.39 is 0 Å². The number of piperidine rings is 1. The van der Waals surface area contributed by atoms with Crippen molar-refractivity contribution in [3.05, 3.63) is 11.9 Å². The van der Waals surface area contributed by atoms with E-state index in [0.717, 1.165) is 25.3 Å². The fraction of sp³-hybridized carbons (Fsp3) is 0.800. The summed E-state index contributed by atoms with van der Waals surface area (Å²) in [6.07, 6.45) is 5.05. The Morgan fingerprint density at radius 2 is 2.53 bits per heavy atom. The summed E-state index contributed by atoms with van der Waals surface area (Å²) in [7, 11) is 0. The van der Waals surface area contributed by atoms with Gasteiger partial charge in [0.2, 0.25) is 0 Å². The molecular weight excluding hydrogens is 192 g/mol. The molecule has 1 aromatic heterocycles. The number of nitrogens with zero attached hydrogens (tertiary/aromatic N) is 3. The number of rotatable bonds is 4. The molecule has 5 nitrogen and oxygen atoms in total. The summed E-state index contributed by atoms with van der Waals surface area (Å²) in [6.45, 7) is 3.30. The van der Waals surface area contributed by atoms with Crippen LogP contribution in [0.15, 0.2) is 6.20 Å². The van der Waals surface area contributed by atoms with Gasteiger partial charge >= 0.3 is 0 Å². The van der Waals surface area contributed by atoms with Crippen molar-refractivity contribution in [1.82, 2.24) is 20.3 Å². The Kier molecular flexibility index (Phi) is 3.69. The van der Waals surface area contributed by atoms with Gasteiger partial charge in [0.05, 0.1) is 5.69 Å². The van der Waals surface area contributed by atoms with Crippen LogP contribution < -0.4 is 5.32 Å². The van der Waals surface area contributed by atoms with E-state index in [-0.39, 0.29) is 6.61 Å². The van der Waals surface area contributed by atoms with Crippen LogP contribution in [0.5, 0.6) is 0 Å². The van der Waals surface area contributed by atoms with Gasteiger partial charge in [-0.05, 0) is 31.8 Å². The molecule has 1 unspecified atom stereocenters. The molecule has 0 spiro atoms. The zero-order chi connectivity index (χ0) is 10.5. The second-order valence-corrected chi connectivity index (χ2v) is 4.12. The molecule has 1 fully saturated rings. The van der Waals surface area contributed by atoms with Gasteiger partial charge in [-0.1, -0.05) is 5.21 Å². The van der Waals surface area contributed by atoms with E-state index in [2.05, 4.69) is 15.6 Å². The van der Waals surface area contributed by atoms with Crippen LogP contribution in [-0.2, 0) is 13.0 Å². The number of hydrogen-bond acceptors (Lipinski definition) is 4. The first-order chi connectivity index (χ1) is 7.38. The zero-order valence-electron chi connectivity index (χ0n) is 8.89. The lowest BCUT2D eigenvalue weighted by molar-refractivity contribution is 0.298. The molecule has 2 N–H and O–H groups in total. The molecule has 1 aliphatic rings. The fourth-order valence-corrected chi connectivity index (χ4v) is 2.00. The number of aromatic nitrogens is 3. The monoisotopic (exact) mass is 210 g/mol. The molecule has 0 radical (unpaired) electrons. The third kappa shape index (κ3) is 3.00. The molecule has 1 atom stereocenters. The highest BCUT2D eigenvalue weighted by Gasteiger charge is 2.14. The number of aliphatic hydroxyl groups excluding tert-OH is 1. The van der Waals surface area contributed by atoms with Crippen molar-refractivity contribution in [3.63, 3.8) is 0 Å². The highest BCUT2D eigenvalue weighted by Crippen LogP contribution is 2.11. The van der Waals surface area contributed by atoms with E-state index in [4.69, 9.17) is 5.11 Å². The van der Waals surface area contributed by atoms with Gasteiger partial charge in [0.25, 0.3) is 0 Å². The molecule has 2 heterocycles. The van der Waals surface area contributed by atoms with Crippen LogP contribution in [0.25, 0.3) is 0 Å². The summed E-state index contributed by atoms with van der Waals surface area (Å²) >= 11 is 0. The zero-order valence-corrected chi connectivity index (χ0v) is 8.89. The van der Waals surface area contributed by atoms with E-state index in [1.165, 1.54) is 12.8 Å². The molecule has 2 rings (SSSR count). The highest BCUT2D eigenvalue weighted by molar-refractivity contribution is 4.92. The lowest BCUT2D eigenvalue weighted by Gasteiger charge is -2.22. The average Bonchev–Trinajstić information content (AvgIpc) is 2.68. The largest absolute Gasteiger partial charge is 0.396 e. The van der Waals surface area contributed by atoms with Gasteiger partial charge in [-0.25, -0.2) is 0 Å². The van der Waals surface area contributed by atoms with Crippen molar-refractivity contribution in [2.24, 2.45) is 5.92 Å². The lowest BCUT2D eigenvalue weighted by Crippen LogP contribution is -2.32. The first-order valence-corrected chi connectivity index (χ1v) is 5.59. The number of hydrogen-bond donors (Lipinski definition) is 2. The molecule has 1 aromatic rings. The molecule has 0 amide bonds. The van der Waals surface area contributed by atoms with Crippen molar-refractivity contribution in [2.75, 3.05) is 19.7 Å². The topological polar surface area (TPSA) is 63.0 Å². The van der Waals surface area contributed by atoms with Crippen LogP contribution in [0.1, 0.15) is 18.5 Å². The molecule has 1 aliphatic heterocycles. The first-order valence-electron chi connectivity index (χ1n) is 5.59. The molecular formula is C10H18N4O. The van der Waals surface area contributed by atoms with Crippen LogP contribution in [0.2, 0.25) is 0 Å². The Morgan fingerprint density at radius 1 is 1.60 bits per heavy atom. The second-order valence-electron chi connectivity index (χ2n) is 4.12. The summed E-state index contributed by atoms with van der Waals surface area (Å²) in [5.41, 5.74) is 0.876. The quantitative estimate of drug-likeness (QED) is 0.723. The van der Waals surface area contributed by atoms with Gasteiger partial charge in [-0.3, -0.25) is 4.68 Å². The third-order valence-corrected chi connectivity index (χ3v) is 2.80. The normalized spacial score (nSPS) is 21.8. The Labute approximate surface area is 89.5 Å². The number of aliphatic hydroxyl groups is 1. The van der Waals surface area contributed by atoms with Crippen LogP contribution in [0.3, 0.4) is 0 Å². The summed E-state index contributed by atoms with van der Waals surface area (Å²) < 4.78 is 1.89. The minimum Gasteiger partial charge on any atom is -0.396 e. The van der Waals surface area contributed by atoms with Gasteiger partial charge in [0, 0.05) is 25.8 Å². The van der Waals surface area contributed by atoms with Crippen molar-refractivity contribution in [2.45, 2.75) is 25.8 Å². The summed E-state index contributed by atoms with van der Waals surface area (Å²) in [5.74, 6) is 0.669. The van der Waals surface area contributed by atoms with Crippen molar-refractivity contribution in [3.8, 4) is 0 Å². The van der Waals surface area contributed by atoms with E-state index in [1.54, 1.807) is 0 Å². The Morgan fingerprint density at radius 3 is 3.27 bits per heavy atom. The smallest absolute Gasteiger partial charge is 0.0849 e. The second kappa shape index (κ2) is 5.23. The summed E-state index contributed by atoms with van der Waals surface area (Å²) in [4.78, 5) is 0. The molecule has 5 heteroatoms. The maximum Gasteiger partial charge on any atom is 0.0849 e. The standard InChI is InChI=1S/C10H18N4O/c15-5-3-10-8-14(13-12-10)7-9-2-1-4-11-6-9/h8-9,11,15H,1-7H2. The molecule has 0 aliphatic carbocycles. The van der Waals surface area contributed by atoms with Gasteiger partial charge in [-0.15, -0.1) is 5.10 Å². The van der Waals surface area contributed by atoms with E-state index in [9.17, 15) is 0 Å². The first kappa shape index (κ1) is 10.6. The predicted molar refractivity (Wildman–Crippen MR) is 56.4 cm³/mol.